The van der Waals surface area contributed by atoms with Gasteiger partial charge in [-0.3, -0.25) is 0 Å². The molecule has 0 N–H and O–H groups in total. The van der Waals surface area contributed by atoms with E-state index >= 15 is 0 Å². The quantitative estimate of drug-likeness (QED) is 0.526. The highest BCUT2D eigenvalue weighted by molar-refractivity contribution is 5.87. The van der Waals surface area contributed by atoms with E-state index in [-0.39, 0.29) is 12.1 Å². The molecular formula is C13H20O2. The maximum absolute atomic E-state index is 11.4. The second-order valence-corrected chi connectivity index (χ2v) is 5.01. The van der Waals surface area contributed by atoms with Crippen molar-refractivity contribution in [2.45, 2.75) is 51.6 Å². The zero-order chi connectivity index (χ0) is 10.8. The molecule has 2 heteroatoms. The Morgan fingerprint density at radius 2 is 1.87 bits per heavy atom. The molecule has 2 unspecified atom stereocenters. The largest absolute Gasteiger partial charge is 0.459 e. The van der Waals surface area contributed by atoms with Crippen LogP contribution < -0.4 is 0 Å². The second kappa shape index (κ2) is 4.38. The fraction of sp³-hybridized carbons (Fsp3) is 0.769. The van der Waals surface area contributed by atoms with Gasteiger partial charge in [0.05, 0.1) is 0 Å². The Morgan fingerprint density at radius 3 is 2.33 bits per heavy atom. The van der Waals surface area contributed by atoms with Crippen LogP contribution in [0.4, 0.5) is 0 Å². The SMILES string of the molecule is C=C(C)C(=O)OC1CCC1C1CCCC1. The number of rotatable bonds is 3. The van der Waals surface area contributed by atoms with Crippen LogP contribution >= 0.6 is 0 Å². The molecule has 2 aliphatic rings. The van der Waals surface area contributed by atoms with E-state index in [1.165, 1.54) is 32.1 Å². The maximum Gasteiger partial charge on any atom is 0.333 e. The smallest absolute Gasteiger partial charge is 0.333 e. The first-order chi connectivity index (χ1) is 7.18. The molecule has 2 saturated carbocycles. The first kappa shape index (κ1) is 10.7. The number of carbonyl (C=O) groups is 1. The highest BCUT2D eigenvalue weighted by atomic mass is 16.5. The molecule has 2 rings (SSSR count). The first-order valence-corrected chi connectivity index (χ1v) is 6.05. The van der Waals surface area contributed by atoms with Crippen LogP contribution in [0.3, 0.4) is 0 Å². The minimum absolute atomic E-state index is 0.192. The molecule has 15 heavy (non-hydrogen) atoms. The normalized spacial score (nSPS) is 31.0. The number of esters is 1. The monoisotopic (exact) mass is 208 g/mol. The van der Waals surface area contributed by atoms with Crippen LogP contribution in [0.25, 0.3) is 0 Å². The van der Waals surface area contributed by atoms with Crippen molar-refractivity contribution >= 4 is 5.97 Å². The fourth-order valence-electron chi connectivity index (χ4n) is 2.80. The van der Waals surface area contributed by atoms with Gasteiger partial charge >= 0.3 is 5.97 Å². The number of ether oxygens (including phenoxy) is 1. The summed E-state index contributed by atoms with van der Waals surface area (Å²) in [7, 11) is 0. The van der Waals surface area contributed by atoms with Gasteiger partial charge in [0.2, 0.25) is 0 Å². The molecule has 0 aromatic heterocycles. The van der Waals surface area contributed by atoms with Gasteiger partial charge < -0.3 is 4.74 Å². The summed E-state index contributed by atoms with van der Waals surface area (Å²) in [6, 6.07) is 0. The Balaban J connectivity index is 1.83. The van der Waals surface area contributed by atoms with Gasteiger partial charge in [-0.1, -0.05) is 32.3 Å². The first-order valence-electron chi connectivity index (χ1n) is 6.05. The van der Waals surface area contributed by atoms with Crippen LogP contribution in [0.15, 0.2) is 12.2 Å². The molecule has 0 radical (unpaired) electrons. The van der Waals surface area contributed by atoms with E-state index in [2.05, 4.69) is 6.58 Å². The molecule has 0 aliphatic heterocycles. The average molecular weight is 208 g/mol. The highest BCUT2D eigenvalue weighted by Crippen LogP contribution is 2.43. The van der Waals surface area contributed by atoms with E-state index in [0.29, 0.717) is 11.5 Å². The Labute approximate surface area is 91.7 Å². The minimum atomic E-state index is -0.206. The average Bonchev–Trinajstić information content (AvgIpc) is 2.64. The van der Waals surface area contributed by atoms with Gasteiger partial charge in [-0.2, -0.15) is 0 Å². The van der Waals surface area contributed by atoms with Crippen molar-refractivity contribution in [1.29, 1.82) is 0 Å². The Hall–Kier alpha value is -0.790. The van der Waals surface area contributed by atoms with E-state index < -0.39 is 0 Å². The van der Waals surface area contributed by atoms with Gasteiger partial charge in [0.1, 0.15) is 6.10 Å². The molecule has 2 fully saturated rings. The minimum Gasteiger partial charge on any atom is -0.459 e. The Bertz CT molecular complexity index is 264. The van der Waals surface area contributed by atoms with Crippen molar-refractivity contribution in [2.24, 2.45) is 11.8 Å². The molecule has 2 aliphatic carbocycles. The van der Waals surface area contributed by atoms with Crippen molar-refractivity contribution in [1.82, 2.24) is 0 Å². The summed E-state index contributed by atoms with van der Waals surface area (Å²) in [5.74, 6) is 1.26. The molecule has 84 valence electrons. The summed E-state index contributed by atoms with van der Waals surface area (Å²) in [6.45, 7) is 5.33. The molecular weight excluding hydrogens is 188 g/mol. The summed E-state index contributed by atoms with van der Waals surface area (Å²) >= 11 is 0. The summed E-state index contributed by atoms with van der Waals surface area (Å²) in [5.41, 5.74) is 0.520. The molecule has 0 spiro atoms. The summed E-state index contributed by atoms with van der Waals surface area (Å²) in [5, 5.41) is 0. The highest BCUT2D eigenvalue weighted by Gasteiger charge is 2.40. The topological polar surface area (TPSA) is 26.3 Å². The lowest BCUT2D eigenvalue weighted by molar-refractivity contribution is -0.155. The number of hydrogen-bond acceptors (Lipinski definition) is 2. The van der Waals surface area contributed by atoms with E-state index in [1.807, 2.05) is 0 Å². The van der Waals surface area contributed by atoms with Gasteiger partial charge in [-0.15, -0.1) is 0 Å². The van der Waals surface area contributed by atoms with Crippen LogP contribution in [-0.2, 0) is 9.53 Å². The zero-order valence-corrected chi connectivity index (χ0v) is 9.50. The third-order valence-corrected chi connectivity index (χ3v) is 3.87. The number of hydrogen-bond donors (Lipinski definition) is 0. The van der Waals surface area contributed by atoms with Crippen molar-refractivity contribution in [3.8, 4) is 0 Å². The van der Waals surface area contributed by atoms with Crippen LogP contribution in [0.2, 0.25) is 0 Å². The zero-order valence-electron chi connectivity index (χ0n) is 9.50. The number of carbonyl (C=O) groups excluding carboxylic acids is 1. The Morgan fingerprint density at radius 1 is 1.20 bits per heavy atom. The maximum atomic E-state index is 11.4. The van der Waals surface area contributed by atoms with Crippen molar-refractivity contribution < 1.29 is 9.53 Å². The van der Waals surface area contributed by atoms with Crippen LogP contribution in [0.1, 0.15) is 45.4 Å². The van der Waals surface area contributed by atoms with Crippen LogP contribution in [-0.4, -0.2) is 12.1 Å². The predicted molar refractivity (Wildman–Crippen MR) is 59.4 cm³/mol. The van der Waals surface area contributed by atoms with Gasteiger partial charge in [-0.25, -0.2) is 4.79 Å². The molecule has 0 amide bonds. The van der Waals surface area contributed by atoms with Crippen molar-refractivity contribution in [3.63, 3.8) is 0 Å². The van der Waals surface area contributed by atoms with Crippen molar-refractivity contribution in [2.75, 3.05) is 0 Å². The molecule has 0 saturated heterocycles. The lowest BCUT2D eigenvalue weighted by Gasteiger charge is -2.39. The Kier molecular flexibility index (Phi) is 3.13. The molecule has 0 heterocycles. The summed E-state index contributed by atoms with van der Waals surface area (Å²) < 4.78 is 5.43. The van der Waals surface area contributed by atoms with Crippen LogP contribution in [0.5, 0.6) is 0 Å². The van der Waals surface area contributed by atoms with E-state index in [0.717, 1.165) is 12.3 Å². The standard InChI is InChI=1S/C13H20O2/c1-9(2)13(14)15-12-8-7-11(12)10-5-3-4-6-10/h10-12H,1,3-8H2,2H3. The predicted octanol–water partition coefficient (Wildman–Crippen LogP) is 3.07. The van der Waals surface area contributed by atoms with Gasteiger partial charge in [0, 0.05) is 5.57 Å². The summed E-state index contributed by atoms with van der Waals surface area (Å²) in [6.07, 6.45) is 7.90. The third-order valence-electron chi connectivity index (χ3n) is 3.87. The van der Waals surface area contributed by atoms with E-state index in [9.17, 15) is 4.79 Å². The van der Waals surface area contributed by atoms with E-state index in [1.54, 1.807) is 6.92 Å². The lowest BCUT2D eigenvalue weighted by Crippen LogP contribution is -2.40. The second-order valence-electron chi connectivity index (χ2n) is 5.01. The van der Waals surface area contributed by atoms with Crippen LogP contribution in [0, 0.1) is 11.8 Å². The molecule has 0 aromatic carbocycles. The molecule has 2 atom stereocenters. The lowest BCUT2D eigenvalue weighted by atomic mass is 9.72. The molecule has 0 aromatic rings. The van der Waals surface area contributed by atoms with Gasteiger partial charge in [0.15, 0.2) is 0 Å². The van der Waals surface area contributed by atoms with E-state index in [4.69, 9.17) is 4.74 Å². The van der Waals surface area contributed by atoms with Gasteiger partial charge in [0.25, 0.3) is 0 Å². The third kappa shape index (κ3) is 2.24. The molecule has 2 nitrogen and oxygen atoms in total. The fourth-order valence-corrected chi connectivity index (χ4v) is 2.80. The summed E-state index contributed by atoms with van der Waals surface area (Å²) in [4.78, 5) is 11.4. The molecule has 0 bridgehead atoms. The van der Waals surface area contributed by atoms with Gasteiger partial charge in [-0.05, 0) is 31.6 Å². The van der Waals surface area contributed by atoms with Crippen molar-refractivity contribution in [3.05, 3.63) is 12.2 Å².